The van der Waals surface area contributed by atoms with E-state index < -0.39 is 0 Å². The third-order valence-electron chi connectivity index (χ3n) is 5.07. The molecule has 1 heteroatoms. The first-order chi connectivity index (χ1) is 10.0. The Kier molecular flexibility index (Phi) is 5.87. The lowest BCUT2D eigenvalue weighted by Crippen LogP contribution is -2.20. The van der Waals surface area contributed by atoms with Gasteiger partial charge in [0.25, 0.3) is 0 Å². The van der Waals surface area contributed by atoms with Gasteiger partial charge in [0.15, 0.2) is 0 Å². The molecule has 118 valence electrons. The Bertz CT molecular complexity index is 404. The van der Waals surface area contributed by atoms with E-state index in [4.69, 9.17) is 0 Å². The highest BCUT2D eigenvalue weighted by molar-refractivity contribution is 5.29. The van der Waals surface area contributed by atoms with Crippen molar-refractivity contribution in [3.63, 3.8) is 0 Å². The minimum atomic E-state index is 0.245. The van der Waals surface area contributed by atoms with Crippen LogP contribution in [0.1, 0.15) is 82.9 Å². The van der Waals surface area contributed by atoms with Gasteiger partial charge >= 0.3 is 0 Å². The molecule has 21 heavy (non-hydrogen) atoms. The molecule has 0 aliphatic heterocycles. The largest absolute Gasteiger partial charge is 0.313 e. The Morgan fingerprint density at radius 1 is 1.00 bits per heavy atom. The molecule has 1 aliphatic carbocycles. The van der Waals surface area contributed by atoms with E-state index in [2.05, 4.69) is 57.4 Å². The quantitative estimate of drug-likeness (QED) is 0.710. The smallest absolute Gasteiger partial charge is 0.0320 e. The van der Waals surface area contributed by atoms with Gasteiger partial charge in [-0.1, -0.05) is 83.6 Å². The van der Waals surface area contributed by atoms with E-state index in [1.165, 1.54) is 56.1 Å². The number of nitrogens with one attached hydrogen (secondary N) is 1. The second-order valence-electron chi connectivity index (χ2n) is 7.81. The van der Waals surface area contributed by atoms with E-state index in [1.54, 1.807) is 0 Å². The summed E-state index contributed by atoms with van der Waals surface area (Å²) in [5.74, 6) is 0.909. The molecule has 1 saturated carbocycles. The molecule has 1 aromatic carbocycles. The molecule has 0 saturated heterocycles. The van der Waals surface area contributed by atoms with Crippen LogP contribution in [0.5, 0.6) is 0 Å². The lowest BCUT2D eigenvalue weighted by atomic mass is 9.85. The summed E-state index contributed by atoms with van der Waals surface area (Å²) in [5.41, 5.74) is 3.12. The van der Waals surface area contributed by atoms with Crippen LogP contribution in [0.4, 0.5) is 0 Å². The summed E-state index contributed by atoms with van der Waals surface area (Å²) >= 11 is 0. The Morgan fingerprint density at radius 2 is 1.57 bits per heavy atom. The summed E-state index contributed by atoms with van der Waals surface area (Å²) in [6, 6.07) is 9.80. The van der Waals surface area contributed by atoms with Gasteiger partial charge in [0.05, 0.1) is 0 Å². The first kappa shape index (κ1) is 16.5. The minimum Gasteiger partial charge on any atom is -0.313 e. The maximum Gasteiger partial charge on any atom is 0.0320 e. The summed E-state index contributed by atoms with van der Waals surface area (Å²) in [6.45, 7) is 6.84. The lowest BCUT2D eigenvalue weighted by Gasteiger charge is -2.24. The highest BCUT2D eigenvalue weighted by atomic mass is 14.9. The Labute approximate surface area is 131 Å². The van der Waals surface area contributed by atoms with Crippen LogP contribution in [-0.4, -0.2) is 7.05 Å². The fraction of sp³-hybridized carbons (Fsp3) is 0.700. The molecule has 1 aromatic rings. The van der Waals surface area contributed by atoms with Crippen molar-refractivity contribution in [2.75, 3.05) is 7.05 Å². The zero-order valence-electron chi connectivity index (χ0n) is 14.4. The topological polar surface area (TPSA) is 12.0 Å². The van der Waals surface area contributed by atoms with Gasteiger partial charge in [0.1, 0.15) is 0 Å². The highest BCUT2D eigenvalue weighted by Gasteiger charge is 2.19. The van der Waals surface area contributed by atoms with Crippen LogP contribution < -0.4 is 5.32 Å². The molecule has 1 fully saturated rings. The average molecular weight is 287 g/mol. The van der Waals surface area contributed by atoms with Crippen LogP contribution in [-0.2, 0) is 5.41 Å². The van der Waals surface area contributed by atoms with E-state index in [0.717, 1.165) is 5.92 Å². The van der Waals surface area contributed by atoms with Crippen LogP contribution >= 0.6 is 0 Å². The zero-order chi connectivity index (χ0) is 15.3. The number of rotatable bonds is 4. The molecule has 0 spiro atoms. The van der Waals surface area contributed by atoms with Crippen molar-refractivity contribution in [3.05, 3.63) is 35.4 Å². The Hall–Kier alpha value is -0.820. The van der Waals surface area contributed by atoms with E-state index in [0.29, 0.717) is 6.04 Å². The summed E-state index contributed by atoms with van der Waals surface area (Å²) < 4.78 is 0. The number of hydrogen-bond donors (Lipinski definition) is 1. The second kappa shape index (κ2) is 7.45. The molecule has 1 N–H and O–H groups in total. The standard InChI is InChI=1S/C20H33N/c1-20(2,3)18-13-11-17(12-14-18)19(21-4)15-16-9-7-5-6-8-10-16/h11-14,16,19,21H,5-10,15H2,1-4H3. The van der Waals surface area contributed by atoms with Crippen LogP contribution in [0.15, 0.2) is 24.3 Å². The van der Waals surface area contributed by atoms with Crippen LogP contribution in [0.3, 0.4) is 0 Å². The summed E-state index contributed by atoms with van der Waals surface area (Å²) in [7, 11) is 2.11. The fourth-order valence-corrected chi connectivity index (χ4v) is 3.57. The fourth-order valence-electron chi connectivity index (χ4n) is 3.57. The van der Waals surface area contributed by atoms with Crippen LogP contribution in [0.2, 0.25) is 0 Å². The van der Waals surface area contributed by atoms with Gasteiger partial charge in [-0.25, -0.2) is 0 Å². The van der Waals surface area contributed by atoms with Gasteiger partial charge in [-0.3, -0.25) is 0 Å². The molecule has 1 atom stereocenters. The minimum absolute atomic E-state index is 0.245. The van der Waals surface area contributed by atoms with Crippen LogP contribution in [0.25, 0.3) is 0 Å². The molecule has 0 aromatic heterocycles. The van der Waals surface area contributed by atoms with Crippen LogP contribution in [0, 0.1) is 5.92 Å². The van der Waals surface area contributed by atoms with Gasteiger partial charge in [0.2, 0.25) is 0 Å². The van der Waals surface area contributed by atoms with Crippen molar-refractivity contribution in [2.45, 2.75) is 77.2 Å². The van der Waals surface area contributed by atoms with E-state index in [-0.39, 0.29) is 5.41 Å². The van der Waals surface area contributed by atoms with Gasteiger partial charge in [-0.05, 0) is 35.9 Å². The maximum atomic E-state index is 3.54. The molecule has 1 unspecified atom stereocenters. The van der Waals surface area contributed by atoms with Gasteiger partial charge < -0.3 is 5.32 Å². The second-order valence-corrected chi connectivity index (χ2v) is 7.81. The van der Waals surface area contributed by atoms with Crippen molar-refractivity contribution in [1.29, 1.82) is 0 Å². The van der Waals surface area contributed by atoms with E-state index in [9.17, 15) is 0 Å². The monoisotopic (exact) mass is 287 g/mol. The molecular weight excluding hydrogens is 254 g/mol. The van der Waals surface area contributed by atoms with Crippen molar-refractivity contribution in [2.24, 2.45) is 5.92 Å². The summed E-state index contributed by atoms with van der Waals surface area (Å²) in [6.07, 6.45) is 9.91. The number of hydrogen-bond acceptors (Lipinski definition) is 1. The van der Waals surface area contributed by atoms with Crippen molar-refractivity contribution in [1.82, 2.24) is 5.32 Å². The normalized spacial score (nSPS) is 19.2. The summed E-state index contributed by atoms with van der Waals surface area (Å²) in [4.78, 5) is 0. The zero-order valence-corrected chi connectivity index (χ0v) is 14.4. The van der Waals surface area contributed by atoms with Crippen molar-refractivity contribution < 1.29 is 0 Å². The molecule has 0 heterocycles. The predicted molar refractivity (Wildman–Crippen MR) is 92.8 cm³/mol. The molecule has 1 aliphatic rings. The van der Waals surface area contributed by atoms with Gasteiger partial charge in [-0.15, -0.1) is 0 Å². The Balaban J connectivity index is 2.03. The summed E-state index contributed by atoms with van der Waals surface area (Å²) in [5, 5.41) is 3.54. The molecule has 1 nitrogen and oxygen atoms in total. The third kappa shape index (κ3) is 4.85. The number of benzene rings is 1. The van der Waals surface area contributed by atoms with Crippen molar-refractivity contribution >= 4 is 0 Å². The van der Waals surface area contributed by atoms with E-state index >= 15 is 0 Å². The highest BCUT2D eigenvalue weighted by Crippen LogP contribution is 2.32. The molecule has 2 rings (SSSR count). The average Bonchev–Trinajstić information content (AvgIpc) is 2.72. The SMILES string of the molecule is CNC(CC1CCCCCC1)c1ccc(C(C)(C)C)cc1. The lowest BCUT2D eigenvalue weighted by molar-refractivity contribution is 0.368. The molecular formula is C20H33N. The first-order valence-corrected chi connectivity index (χ1v) is 8.78. The van der Waals surface area contributed by atoms with Gasteiger partial charge in [-0.2, -0.15) is 0 Å². The third-order valence-corrected chi connectivity index (χ3v) is 5.07. The van der Waals surface area contributed by atoms with Gasteiger partial charge in [0, 0.05) is 6.04 Å². The molecule has 0 amide bonds. The predicted octanol–water partition coefficient (Wildman–Crippen LogP) is 5.61. The van der Waals surface area contributed by atoms with E-state index in [1.807, 2.05) is 0 Å². The van der Waals surface area contributed by atoms with Crippen molar-refractivity contribution in [3.8, 4) is 0 Å². The molecule has 0 bridgehead atoms. The Morgan fingerprint density at radius 3 is 2.05 bits per heavy atom. The molecule has 0 radical (unpaired) electrons. The maximum absolute atomic E-state index is 3.54. The first-order valence-electron chi connectivity index (χ1n) is 8.78.